The molecule has 1 aliphatic carbocycles. The minimum atomic E-state index is 0.758. The van der Waals surface area contributed by atoms with Gasteiger partial charge in [0.2, 0.25) is 0 Å². The van der Waals surface area contributed by atoms with Gasteiger partial charge in [0.1, 0.15) is 30.3 Å². The van der Waals surface area contributed by atoms with Gasteiger partial charge >= 0.3 is 0 Å². The van der Waals surface area contributed by atoms with E-state index in [-0.39, 0.29) is 0 Å². The third kappa shape index (κ3) is 3.12. The highest BCUT2D eigenvalue weighted by molar-refractivity contribution is 7.19. The molecule has 2 aromatic heterocycles. The van der Waals surface area contributed by atoms with E-state index < -0.39 is 0 Å². The first-order chi connectivity index (χ1) is 12.8. The quantitative estimate of drug-likeness (QED) is 0.891. The lowest BCUT2D eigenvalue weighted by Gasteiger charge is -2.32. The van der Waals surface area contributed by atoms with Crippen molar-refractivity contribution in [3.63, 3.8) is 0 Å². The van der Waals surface area contributed by atoms with E-state index in [0.717, 1.165) is 57.7 Å². The maximum absolute atomic E-state index is 5.51. The van der Waals surface area contributed by atoms with Gasteiger partial charge in [-0.1, -0.05) is 6.92 Å². The van der Waals surface area contributed by atoms with Crippen LogP contribution < -0.4 is 9.80 Å². The largest absolute Gasteiger partial charge is 0.370 e. The fourth-order valence-electron chi connectivity index (χ4n) is 4.77. The molecule has 1 N–H and O–H groups in total. The van der Waals surface area contributed by atoms with Crippen LogP contribution in [0.1, 0.15) is 42.5 Å². The summed E-state index contributed by atoms with van der Waals surface area (Å²) in [6, 6.07) is 0. The van der Waals surface area contributed by atoms with Crippen LogP contribution in [-0.4, -0.2) is 49.4 Å². The smallest absolute Gasteiger partial charge is 0.187 e. The molecule has 0 unspecified atom stereocenters. The van der Waals surface area contributed by atoms with E-state index in [9.17, 15) is 0 Å². The molecule has 26 heavy (non-hydrogen) atoms. The van der Waals surface area contributed by atoms with Crippen LogP contribution in [0.25, 0.3) is 10.2 Å². The maximum atomic E-state index is 5.51. The molecular formula is C20H29N4OS+. The van der Waals surface area contributed by atoms with Crippen molar-refractivity contribution in [1.29, 1.82) is 0 Å². The minimum Gasteiger partial charge on any atom is -0.370 e. The molecule has 2 fully saturated rings. The Labute approximate surface area is 159 Å². The first kappa shape index (κ1) is 16.9. The van der Waals surface area contributed by atoms with E-state index in [1.165, 1.54) is 48.1 Å². The highest BCUT2D eigenvalue weighted by Crippen LogP contribution is 2.41. The monoisotopic (exact) mass is 373 g/mol. The van der Waals surface area contributed by atoms with Crippen molar-refractivity contribution in [1.82, 2.24) is 9.97 Å². The van der Waals surface area contributed by atoms with E-state index >= 15 is 0 Å². The Bertz CT molecular complexity index is 799. The molecule has 2 saturated heterocycles. The third-order valence-electron chi connectivity index (χ3n) is 6.16. The number of nitrogens with one attached hydrogen (secondary N) is 1. The van der Waals surface area contributed by atoms with Crippen molar-refractivity contribution in [3.8, 4) is 0 Å². The standard InChI is InChI=1S/C20H28N4OS/c1-14-4-3-7-24(12-14)19-18-15-5-2-6-16(15)26-20(18)22-17(21-19)13-23-8-10-25-11-9-23/h14H,2-13H2,1H3/p+1/t14-/m0/s1. The number of anilines is 1. The number of rotatable bonds is 3. The second kappa shape index (κ2) is 7.06. The Morgan fingerprint density at radius 1 is 1.19 bits per heavy atom. The van der Waals surface area contributed by atoms with Gasteiger partial charge < -0.3 is 14.5 Å². The molecular weight excluding hydrogens is 344 g/mol. The van der Waals surface area contributed by atoms with Crippen molar-refractivity contribution < 1.29 is 9.64 Å². The van der Waals surface area contributed by atoms with Crippen LogP contribution >= 0.6 is 11.3 Å². The van der Waals surface area contributed by atoms with Gasteiger partial charge in [-0.3, -0.25) is 0 Å². The van der Waals surface area contributed by atoms with E-state index in [1.54, 1.807) is 15.3 Å². The second-order valence-corrected chi connectivity index (χ2v) is 9.32. The van der Waals surface area contributed by atoms with Crippen LogP contribution in [0.2, 0.25) is 0 Å². The molecule has 5 rings (SSSR count). The average molecular weight is 374 g/mol. The number of ether oxygens (including phenoxy) is 1. The van der Waals surface area contributed by atoms with Gasteiger partial charge in [-0.15, -0.1) is 11.3 Å². The van der Waals surface area contributed by atoms with Crippen molar-refractivity contribution in [2.24, 2.45) is 5.92 Å². The average Bonchev–Trinajstić information content (AvgIpc) is 3.23. The normalized spacial score (nSPS) is 24.3. The van der Waals surface area contributed by atoms with Crippen LogP contribution in [0.3, 0.4) is 0 Å². The minimum absolute atomic E-state index is 0.758. The van der Waals surface area contributed by atoms with Gasteiger partial charge in [-0.25, -0.2) is 9.97 Å². The SMILES string of the molecule is C[C@H]1CCCN(c2nc(C[NH+]3CCOCC3)nc3sc4c(c23)CCC4)C1. The van der Waals surface area contributed by atoms with Crippen molar-refractivity contribution in [2.45, 2.75) is 45.6 Å². The van der Waals surface area contributed by atoms with Gasteiger partial charge in [0, 0.05) is 18.0 Å². The third-order valence-corrected chi connectivity index (χ3v) is 7.34. The van der Waals surface area contributed by atoms with Crippen LogP contribution in [-0.2, 0) is 24.1 Å². The zero-order valence-corrected chi connectivity index (χ0v) is 16.5. The topological polar surface area (TPSA) is 42.7 Å². The van der Waals surface area contributed by atoms with Crippen molar-refractivity contribution in [2.75, 3.05) is 44.3 Å². The number of piperidine rings is 1. The molecule has 6 heteroatoms. The summed E-state index contributed by atoms with van der Waals surface area (Å²) in [7, 11) is 0. The van der Waals surface area contributed by atoms with Gasteiger partial charge in [0.25, 0.3) is 0 Å². The highest BCUT2D eigenvalue weighted by Gasteiger charge is 2.27. The molecule has 0 amide bonds. The zero-order chi connectivity index (χ0) is 17.5. The predicted octanol–water partition coefficient (Wildman–Crippen LogP) is 1.83. The van der Waals surface area contributed by atoms with E-state index in [0.29, 0.717) is 0 Å². The second-order valence-electron chi connectivity index (χ2n) is 8.23. The summed E-state index contributed by atoms with van der Waals surface area (Å²) in [4.78, 5) is 17.1. The maximum Gasteiger partial charge on any atom is 0.187 e. The molecule has 140 valence electrons. The number of aryl methyl sites for hydroxylation is 2. The number of nitrogens with zero attached hydrogens (tertiary/aromatic N) is 3. The first-order valence-corrected chi connectivity index (χ1v) is 11.1. The van der Waals surface area contributed by atoms with E-state index in [4.69, 9.17) is 14.7 Å². The molecule has 0 spiro atoms. The summed E-state index contributed by atoms with van der Waals surface area (Å²) in [5.74, 6) is 3.03. The summed E-state index contributed by atoms with van der Waals surface area (Å²) >= 11 is 1.93. The number of thiophene rings is 1. The van der Waals surface area contributed by atoms with E-state index in [2.05, 4.69) is 11.8 Å². The molecule has 0 aromatic carbocycles. The number of morpholine rings is 1. The first-order valence-electron chi connectivity index (χ1n) is 10.3. The van der Waals surface area contributed by atoms with Crippen LogP contribution in [0.15, 0.2) is 0 Å². The van der Waals surface area contributed by atoms with E-state index in [1.807, 2.05) is 11.3 Å². The van der Waals surface area contributed by atoms with Crippen molar-refractivity contribution >= 4 is 27.4 Å². The fourth-order valence-corrected chi connectivity index (χ4v) is 6.04. The van der Waals surface area contributed by atoms with Gasteiger partial charge in [-0.2, -0.15) is 0 Å². The number of hydrogen-bond donors (Lipinski definition) is 1. The molecule has 0 radical (unpaired) electrons. The fraction of sp³-hybridized carbons (Fsp3) is 0.700. The summed E-state index contributed by atoms with van der Waals surface area (Å²) in [5.41, 5.74) is 1.56. The van der Waals surface area contributed by atoms with Crippen LogP contribution in [0.5, 0.6) is 0 Å². The molecule has 2 aliphatic heterocycles. The molecule has 0 saturated carbocycles. The number of hydrogen-bond acceptors (Lipinski definition) is 5. The number of quaternary nitrogens is 1. The van der Waals surface area contributed by atoms with Gasteiger partial charge in [0.05, 0.1) is 18.6 Å². The van der Waals surface area contributed by atoms with Gasteiger partial charge in [0.15, 0.2) is 5.82 Å². The van der Waals surface area contributed by atoms with Crippen LogP contribution in [0.4, 0.5) is 5.82 Å². The summed E-state index contributed by atoms with van der Waals surface area (Å²) in [6.45, 7) is 9.45. The lowest BCUT2D eigenvalue weighted by atomic mass is 10.00. The lowest BCUT2D eigenvalue weighted by molar-refractivity contribution is -0.922. The lowest BCUT2D eigenvalue weighted by Crippen LogP contribution is -3.12. The Balaban J connectivity index is 1.55. The summed E-state index contributed by atoms with van der Waals surface area (Å²) in [5, 5.41) is 1.39. The van der Waals surface area contributed by atoms with Crippen molar-refractivity contribution in [3.05, 3.63) is 16.3 Å². The Hall–Kier alpha value is -1.24. The molecule has 5 nitrogen and oxygen atoms in total. The van der Waals surface area contributed by atoms with Gasteiger partial charge in [-0.05, 0) is 43.6 Å². The highest BCUT2D eigenvalue weighted by atomic mass is 32.1. The zero-order valence-electron chi connectivity index (χ0n) is 15.7. The number of aromatic nitrogens is 2. The summed E-state index contributed by atoms with van der Waals surface area (Å²) in [6.07, 6.45) is 6.37. The Morgan fingerprint density at radius 2 is 2.08 bits per heavy atom. The number of fused-ring (bicyclic) bond motifs is 3. The molecule has 1 atom stereocenters. The molecule has 3 aliphatic rings. The molecule has 0 bridgehead atoms. The Morgan fingerprint density at radius 3 is 2.92 bits per heavy atom. The van der Waals surface area contributed by atoms with Crippen LogP contribution in [0, 0.1) is 5.92 Å². The molecule has 2 aromatic rings. The Kier molecular flexibility index (Phi) is 4.59. The summed E-state index contributed by atoms with van der Waals surface area (Å²) < 4.78 is 5.51. The predicted molar refractivity (Wildman–Crippen MR) is 105 cm³/mol. The molecule has 4 heterocycles.